The summed E-state index contributed by atoms with van der Waals surface area (Å²) < 4.78 is 10.4. The number of para-hydroxylation sites is 1. The Morgan fingerprint density at radius 1 is 1.36 bits per heavy atom. The van der Waals surface area contributed by atoms with Crippen molar-refractivity contribution in [2.75, 3.05) is 7.11 Å². The quantitative estimate of drug-likeness (QED) is 0.890. The van der Waals surface area contributed by atoms with Crippen molar-refractivity contribution in [1.82, 2.24) is 15.8 Å². The third kappa shape index (κ3) is 3.58. The summed E-state index contributed by atoms with van der Waals surface area (Å²) in [4.78, 5) is 12.0. The summed E-state index contributed by atoms with van der Waals surface area (Å²) in [5, 5.41) is 9.57. The van der Waals surface area contributed by atoms with Crippen LogP contribution < -0.4 is 15.4 Å². The molecule has 0 saturated carbocycles. The van der Waals surface area contributed by atoms with E-state index in [-0.39, 0.29) is 12.1 Å². The predicted molar refractivity (Wildman–Crippen MR) is 82.8 cm³/mol. The Kier molecular flexibility index (Phi) is 5.04. The van der Waals surface area contributed by atoms with E-state index in [1.54, 1.807) is 7.11 Å². The highest BCUT2D eigenvalue weighted by Crippen LogP contribution is 2.24. The van der Waals surface area contributed by atoms with Gasteiger partial charge in [0.2, 0.25) is 0 Å². The Morgan fingerprint density at radius 2 is 2.09 bits per heavy atom. The number of carbonyl (C=O) groups excluding carboxylic acids is 1. The lowest BCUT2D eigenvalue weighted by molar-refractivity contribution is 0.237. The van der Waals surface area contributed by atoms with Gasteiger partial charge in [-0.1, -0.05) is 23.4 Å². The Balaban J connectivity index is 1.94. The minimum atomic E-state index is -0.251. The van der Waals surface area contributed by atoms with E-state index in [1.165, 1.54) is 0 Å². The molecule has 0 saturated heterocycles. The molecule has 1 aromatic heterocycles. The van der Waals surface area contributed by atoms with E-state index < -0.39 is 0 Å². The van der Waals surface area contributed by atoms with Gasteiger partial charge in [0, 0.05) is 17.7 Å². The molecule has 2 aromatic rings. The van der Waals surface area contributed by atoms with Crippen LogP contribution in [0.1, 0.15) is 35.5 Å². The molecule has 0 aliphatic carbocycles. The number of nitrogens with zero attached hydrogens (tertiary/aromatic N) is 1. The number of amides is 2. The monoisotopic (exact) mass is 303 g/mol. The molecule has 6 heteroatoms. The van der Waals surface area contributed by atoms with Gasteiger partial charge in [-0.3, -0.25) is 0 Å². The summed E-state index contributed by atoms with van der Waals surface area (Å²) in [6.07, 6.45) is 0. The standard InChI is InChI=1S/C16H21N3O3/c1-10(13-7-5-6-8-15(13)21-4)18-16(20)17-9-14-11(2)19-22-12(14)3/h5-8,10H,9H2,1-4H3,(H2,17,18,20)/t10-/m0/s1. The van der Waals surface area contributed by atoms with Crippen LogP contribution in [0.5, 0.6) is 5.75 Å². The van der Waals surface area contributed by atoms with Crippen LogP contribution in [0, 0.1) is 13.8 Å². The van der Waals surface area contributed by atoms with Gasteiger partial charge < -0.3 is 19.9 Å². The average molecular weight is 303 g/mol. The van der Waals surface area contributed by atoms with Crippen molar-refractivity contribution < 1.29 is 14.1 Å². The molecule has 0 radical (unpaired) electrons. The van der Waals surface area contributed by atoms with Gasteiger partial charge in [-0.25, -0.2) is 4.79 Å². The van der Waals surface area contributed by atoms with Gasteiger partial charge in [0.15, 0.2) is 0 Å². The first kappa shape index (κ1) is 15.9. The number of ether oxygens (including phenoxy) is 1. The van der Waals surface area contributed by atoms with Gasteiger partial charge in [0.05, 0.1) is 18.8 Å². The zero-order valence-corrected chi connectivity index (χ0v) is 13.3. The summed E-state index contributed by atoms with van der Waals surface area (Å²) in [7, 11) is 1.61. The molecule has 6 nitrogen and oxygen atoms in total. The first-order chi connectivity index (χ1) is 10.5. The van der Waals surface area contributed by atoms with E-state index in [4.69, 9.17) is 9.26 Å². The van der Waals surface area contributed by atoms with Crippen LogP contribution in [-0.4, -0.2) is 18.3 Å². The smallest absolute Gasteiger partial charge is 0.315 e. The van der Waals surface area contributed by atoms with E-state index in [1.807, 2.05) is 45.0 Å². The minimum absolute atomic E-state index is 0.166. The molecule has 2 amide bonds. The van der Waals surface area contributed by atoms with Gasteiger partial charge in [-0.15, -0.1) is 0 Å². The lowest BCUT2D eigenvalue weighted by atomic mass is 10.1. The molecule has 0 bridgehead atoms. The third-order valence-corrected chi connectivity index (χ3v) is 3.56. The van der Waals surface area contributed by atoms with Crippen molar-refractivity contribution in [1.29, 1.82) is 0 Å². The summed E-state index contributed by atoms with van der Waals surface area (Å²) in [5.41, 5.74) is 2.62. The molecule has 2 N–H and O–H groups in total. The number of rotatable bonds is 5. The molecule has 0 fully saturated rings. The van der Waals surface area contributed by atoms with Gasteiger partial charge in [0.1, 0.15) is 11.5 Å². The molecule has 0 unspecified atom stereocenters. The van der Waals surface area contributed by atoms with E-state index >= 15 is 0 Å². The van der Waals surface area contributed by atoms with E-state index in [9.17, 15) is 4.79 Å². The maximum Gasteiger partial charge on any atom is 0.315 e. The highest BCUT2D eigenvalue weighted by atomic mass is 16.5. The van der Waals surface area contributed by atoms with Crippen LogP contribution in [0.2, 0.25) is 0 Å². The summed E-state index contributed by atoms with van der Waals surface area (Å²) >= 11 is 0. The number of hydrogen-bond donors (Lipinski definition) is 2. The molecular weight excluding hydrogens is 282 g/mol. The second kappa shape index (κ2) is 6.98. The second-order valence-corrected chi connectivity index (χ2v) is 5.09. The zero-order chi connectivity index (χ0) is 16.1. The molecule has 22 heavy (non-hydrogen) atoms. The fourth-order valence-electron chi connectivity index (χ4n) is 2.27. The van der Waals surface area contributed by atoms with Gasteiger partial charge >= 0.3 is 6.03 Å². The number of methoxy groups -OCH3 is 1. The average Bonchev–Trinajstić information content (AvgIpc) is 2.83. The van der Waals surface area contributed by atoms with Gasteiger partial charge in [-0.2, -0.15) is 0 Å². The SMILES string of the molecule is COc1ccccc1[C@H](C)NC(=O)NCc1c(C)noc1C. The van der Waals surface area contributed by atoms with Crippen LogP contribution in [0.25, 0.3) is 0 Å². The van der Waals surface area contributed by atoms with E-state index in [2.05, 4.69) is 15.8 Å². The molecule has 0 spiro atoms. The number of benzene rings is 1. The van der Waals surface area contributed by atoms with Crippen molar-refractivity contribution in [2.24, 2.45) is 0 Å². The summed E-state index contributed by atoms with van der Waals surface area (Å²) in [6.45, 7) is 5.97. The molecule has 0 aliphatic rings. The number of carbonyl (C=O) groups is 1. The van der Waals surface area contributed by atoms with Crippen LogP contribution in [0.4, 0.5) is 4.79 Å². The van der Waals surface area contributed by atoms with E-state index in [0.29, 0.717) is 6.54 Å². The number of urea groups is 1. The maximum atomic E-state index is 12.0. The predicted octanol–water partition coefficient (Wildman–Crippen LogP) is 2.86. The first-order valence-corrected chi connectivity index (χ1v) is 7.12. The topological polar surface area (TPSA) is 76.4 Å². The number of hydrogen-bond acceptors (Lipinski definition) is 4. The van der Waals surface area contributed by atoms with Crippen LogP contribution in [-0.2, 0) is 6.54 Å². The van der Waals surface area contributed by atoms with E-state index in [0.717, 1.165) is 28.3 Å². The number of aromatic nitrogens is 1. The van der Waals surface area contributed by atoms with Crippen molar-refractivity contribution in [3.63, 3.8) is 0 Å². The fraction of sp³-hybridized carbons (Fsp3) is 0.375. The van der Waals surface area contributed by atoms with Crippen molar-refractivity contribution in [3.05, 3.63) is 46.8 Å². The first-order valence-electron chi connectivity index (χ1n) is 7.12. The highest BCUT2D eigenvalue weighted by molar-refractivity contribution is 5.74. The fourth-order valence-corrected chi connectivity index (χ4v) is 2.27. The molecule has 1 aromatic carbocycles. The maximum absolute atomic E-state index is 12.0. The lowest BCUT2D eigenvalue weighted by Gasteiger charge is -2.17. The summed E-state index contributed by atoms with van der Waals surface area (Å²) in [5.74, 6) is 1.47. The van der Waals surface area contributed by atoms with Crippen LogP contribution >= 0.6 is 0 Å². The molecule has 1 heterocycles. The minimum Gasteiger partial charge on any atom is -0.496 e. The molecule has 118 valence electrons. The highest BCUT2D eigenvalue weighted by Gasteiger charge is 2.14. The van der Waals surface area contributed by atoms with Crippen molar-refractivity contribution in [3.8, 4) is 5.75 Å². The molecule has 0 aliphatic heterocycles. The van der Waals surface area contributed by atoms with Crippen LogP contribution in [0.15, 0.2) is 28.8 Å². The largest absolute Gasteiger partial charge is 0.496 e. The zero-order valence-electron chi connectivity index (χ0n) is 13.3. The van der Waals surface area contributed by atoms with Crippen LogP contribution in [0.3, 0.4) is 0 Å². The Morgan fingerprint density at radius 3 is 2.73 bits per heavy atom. The Bertz CT molecular complexity index is 632. The molecule has 2 rings (SSSR count). The normalized spacial score (nSPS) is 11.8. The lowest BCUT2D eigenvalue weighted by Crippen LogP contribution is -2.36. The Labute approximate surface area is 129 Å². The summed E-state index contributed by atoms with van der Waals surface area (Å²) in [6, 6.07) is 7.19. The Hall–Kier alpha value is -2.50. The third-order valence-electron chi connectivity index (χ3n) is 3.56. The van der Waals surface area contributed by atoms with Gasteiger partial charge in [-0.05, 0) is 26.8 Å². The van der Waals surface area contributed by atoms with Gasteiger partial charge in [0.25, 0.3) is 0 Å². The van der Waals surface area contributed by atoms with Crippen molar-refractivity contribution >= 4 is 6.03 Å². The number of aryl methyl sites for hydroxylation is 2. The van der Waals surface area contributed by atoms with Crippen molar-refractivity contribution in [2.45, 2.75) is 33.4 Å². The number of nitrogens with one attached hydrogen (secondary N) is 2. The molecule has 1 atom stereocenters. The second-order valence-electron chi connectivity index (χ2n) is 5.09. The molecular formula is C16H21N3O3.